The van der Waals surface area contributed by atoms with Gasteiger partial charge in [0.2, 0.25) is 0 Å². The topological polar surface area (TPSA) is 3.24 Å². The quantitative estimate of drug-likeness (QED) is 0.575. The number of fused-ring (bicyclic) bond motifs is 2. The van der Waals surface area contributed by atoms with Gasteiger partial charge in [0, 0.05) is 18.1 Å². The first-order valence-electron chi connectivity index (χ1n) is 5.54. The van der Waals surface area contributed by atoms with Gasteiger partial charge in [0.15, 0.2) is 0 Å². The van der Waals surface area contributed by atoms with Crippen molar-refractivity contribution in [1.29, 1.82) is 0 Å². The lowest BCUT2D eigenvalue weighted by molar-refractivity contribution is 0.180. The third-order valence-corrected chi connectivity index (χ3v) is 4.07. The number of rotatable bonds is 1. The van der Waals surface area contributed by atoms with Crippen molar-refractivity contribution in [1.82, 2.24) is 4.90 Å². The molecule has 2 bridgehead atoms. The minimum absolute atomic E-state index is 0.949. The summed E-state index contributed by atoms with van der Waals surface area (Å²) in [6, 6.07) is 2.93. The van der Waals surface area contributed by atoms with E-state index in [1.807, 2.05) is 0 Å². The van der Waals surface area contributed by atoms with Gasteiger partial charge in [-0.25, -0.2) is 0 Å². The molecule has 0 aromatic rings. The SMILES string of the molecule is [CH]1CCC(N2C3CCC2CC3)C1. The summed E-state index contributed by atoms with van der Waals surface area (Å²) >= 11 is 0. The van der Waals surface area contributed by atoms with E-state index < -0.39 is 0 Å². The minimum atomic E-state index is 0.949. The first kappa shape index (κ1) is 7.37. The summed E-state index contributed by atoms with van der Waals surface area (Å²) in [7, 11) is 0. The van der Waals surface area contributed by atoms with Crippen molar-refractivity contribution in [2.24, 2.45) is 0 Å². The summed E-state index contributed by atoms with van der Waals surface area (Å²) in [5.41, 5.74) is 0. The van der Waals surface area contributed by atoms with Crippen LogP contribution < -0.4 is 0 Å². The van der Waals surface area contributed by atoms with Crippen molar-refractivity contribution >= 4 is 0 Å². The highest BCUT2D eigenvalue weighted by molar-refractivity contribution is 5.01. The predicted molar refractivity (Wildman–Crippen MR) is 49.8 cm³/mol. The molecule has 2 saturated heterocycles. The molecule has 1 saturated carbocycles. The molecular weight excluding hydrogens is 146 g/mol. The molecule has 3 fully saturated rings. The van der Waals surface area contributed by atoms with Crippen molar-refractivity contribution in [3.63, 3.8) is 0 Å². The highest BCUT2D eigenvalue weighted by Crippen LogP contribution is 2.42. The average molecular weight is 164 g/mol. The zero-order chi connectivity index (χ0) is 7.97. The molecule has 2 heterocycles. The Balaban J connectivity index is 1.75. The van der Waals surface area contributed by atoms with Gasteiger partial charge in [-0.2, -0.15) is 0 Å². The third kappa shape index (κ3) is 0.953. The maximum absolute atomic E-state index is 2.86. The molecule has 1 unspecified atom stereocenters. The Bertz CT molecular complexity index is 152. The Kier molecular flexibility index (Phi) is 1.68. The fraction of sp³-hybridized carbons (Fsp3) is 0.909. The first-order valence-corrected chi connectivity index (χ1v) is 5.54. The van der Waals surface area contributed by atoms with Crippen LogP contribution in [-0.2, 0) is 0 Å². The van der Waals surface area contributed by atoms with Crippen LogP contribution in [0.25, 0.3) is 0 Å². The second-order valence-electron chi connectivity index (χ2n) is 4.67. The summed E-state index contributed by atoms with van der Waals surface area (Å²) < 4.78 is 0. The smallest absolute Gasteiger partial charge is 0.0104 e. The Morgan fingerprint density at radius 3 is 2.00 bits per heavy atom. The molecule has 1 radical (unpaired) electrons. The Hall–Kier alpha value is -0.0400. The van der Waals surface area contributed by atoms with Crippen LogP contribution in [0.15, 0.2) is 0 Å². The van der Waals surface area contributed by atoms with Gasteiger partial charge in [-0.15, -0.1) is 0 Å². The highest BCUT2D eigenvalue weighted by Gasteiger charge is 2.43. The van der Waals surface area contributed by atoms with E-state index in [-0.39, 0.29) is 0 Å². The van der Waals surface area contributed by atoms with Gasteiger partial charge in [-0.3, -0.25) is 4.90 Å². The van der Waals surface area contributed by atoms with Crippen LogP contribution in [0.1, 0.15) is 44.9 Å². The molecule has 12 heavy (non-hydrogen) atoms. The van der Waals surface area contributed by atoms with Crippen molar-refractivity contribution < 1.29 is 0 Å². The highest BCUT2D eigenvalue weighted by atomic mass is 15.3. The molecule has 1 aliphatic carbocycles. The van der Waals surface area contributed by atoms with Crippen molar-refractivity contribution in [3.8, 4) is 0 Å². The fourth-order valence-corrected chi connectivity index (χ4v) is 3.56. The largest absolute Gasteiger partial charge is 0.294 e. The summed E-state index contributed by atoms with van der Waals surface area (Å²) in [4.78, 5) is 2.86. The molecule has 1 heteroatoms. The molecule has 3 rings (SSSR count). The first-order chi connectivity index (χ1) is 5.95. The van der Waals surface area contributed by atoms with Crippen molar-refractivity contribution in [2.45, 2.75) is 63.1 Å². The van der Waals surface area contributed by atoms with E-state index in [0.29, 0.717) is 0 Å². The molecule has 0 amide bonds. The zero-order valence-corrected chi connectivity index (χ0v) is 7.71. The van der Waals surface area contributed by atoms with Crippen LogP contribution in [0.4, 0.5) is 0 Å². The molecule has 0 aromatic carbocycles. The normalized spacial score (nSPS) is 43.0. The van der Waals surface area contributed by atoms with E-state index in [1.165, 1.54) is 44.9 Å². The van der Waals surface area contributed by atoms with E-state index in [9.17, 15) is 0 Å². The maximum atomic E-state index is 2.86. The van der Waals surface area contributed by atoms with Gasteiger partial charge in [0.05, 0.1) is 0 Å². The van der Waals surface area contributed by atoms with E-state index in [2.05, 4.69) is 11.3 Å². The van der Waals surface area contributed by atoms with Crippen LogP contribution in [0.5, 0.6) is 0 Å². The summed E-state index contributed by atoms with van der Waals surface area (Å²) in [6.45, 7) is 0. The molecule has 3 aliphatic rings. The lowest BCUT2D eigenvalue weighted by Gasteiger charge is -2.28. The lowest BCUT2D eigenvalue weighted by Crippen LogP contribution is -2.37. The molecule has 0 spiro atoms. The second kappa shape index (κ2) is 2.73. The Morgan fingerprint density at radius 1 is 0.833 bits per heavy atom. The molecule has 67 valence electrons. The molecule has 1 nitrogen and oxygen atoms in total. The van der Waals surface area contributed by atoms with E-state index >= 15 is 0 Å². The van der Waals surface area contributed by atoms with Gasteiger partial charge in [0.1, 0.15) is 0 Å². The van der Waals surface area contributed by atoms with Gasteiger partial charge in [-0.1, -0.05) is 0 Å². The Labute approximate surface area is 75.1 Å². The number of nitrogens with zero attached hydrogens (tertiary/aromatic N) is 1. The van der Waals surface area contributed by atoms with Gasteiger partial charge < -0.3 is 0 Å². The maximum Gasteiger partial charge on any atom is 0.0104 e. The molecule has 2 aliphatic heterocycles. The minimum Gasteiger partial charge on any atom is -0.294 e. The average Bonchev–Trinajstić information content (AvgIpc) is 2.78. The van der Waals surface area contributed by atoms with Crippen LogP contribution >= 0.6 is 0 Å². The molecule has 1 atom stereocenters. The monoisotopic (exact) mass is 164 g/mol. The van der Waals surface area contributed by atoms with Crippen molar-refractivity contribution in [3.05, 3.63) is 6.42 Å². The van der Waals surface area contributed by atoms with Crippen LogP contribution in [0.3, 0.4) is 0 Å². The van der Waals surface area contributed by atoms with Crippen LogP contribution in [-0.4, -0.2) is 23.0 Å². The van der Waals surface area contributed by atoms with E-state index in [4.69, 9.17) is 0 Å². The van der Waals surface area contributed by atoms with E-state index in [0.717, 1.165) is 18.1 Å². The lowest BCUT2D eigenvalue weighted by atomic mass is 10.0. The van der Waals surface area contributed by atoms with Gasteiger partial charge in [0.25, 0.3) is 0 Å². The number of hydrogen-bond donors (Lipinski definition) is 0. The standard InChI is InChI=1S/C11H18N/c1-2-4-9(3-1)12-10-5-6-11(12)8-7-10/h1,9-11H,2-8H2. The zero-order valence-electron chi connectivity index (χ0n) is 7.71. The van der Waals surface area contributed by atoms with Crippen LogP contribution in [0, 0.1) is 6.42 Å². The van der Waals surface area contributed by atoms with Gasteiger partial charge in [-0.05, 0) is 51.4 Å². The third-order valence-electron chi connectivity index (χ3n) is 4.07. The Morgan fingerprint density at radius 2 is 1.50 bits per heavy atom. The number of hydrogen-bond acceptors (Lipinski definition) is 1. The summed E-state index contributed by atoms with van der Waals surface area (Å²) in [6.07, 6.45) is 12.7. The van der Waals surface area contributed by atoms with Gasteiger partial charge >= 0.3 is 0 Å². The summed E-state index contributed by atoms with van der Waals surface area (Å²) in [5.74, 6) is 0. The van der Waals surface area contributed by atoms with Crippen molar-refractivity contribution in [2.75, 3.05) is 0 Å². The van der Waals surface area contributed by atoms with Crippen LogP contribution in [0.2, 0.25) is 0 Å². The fourth-order valence-electron chi connectivity index (χ4n) is 3.56. The molecule has 0 N–H and O–H groups in total. The molecular formula is C11H18N. The summed E-state index contributed by atoms with van der Waals surface area (Å²) in [5, 5.41) is 0. The predicted octanol–water partition coefficient (Wildman–Crippen LogP) is 2.37. The molecule has 0 aromatic heterocycles. The van der Waals surface area contributed by atoms with E-state index in [1.54, 1.807) is 0 Å². The second-order valence-corrected chi connectivity index (χ2v) is 4.67.